The predicted octanol–water partition coefficient (Wildman–Crippen LogP) is 1.48. The minimum absolute atomic E-state index is 0.0971. The van der Waals surface area contributed by atoms with E-state index in [0.717, 1.165) is 19.6 Å². The van der Waals surface area contributed by atoms with Crippen LogP contribution in [0.1, 0.15) is 16.7 Å². The fourth-order valence-electron chi connectivity index (χ4n) is 1.88. The molecule has 1 N–H and O–H groups in total. The number of hydrogen-bond donors (Lipinski definition) is 1. The number of β-amino-alcohol motifs (C(OH)–C–C–N with tert-alkyl or cyclic N) is 1. The fraction of sp³-hybridized carbons (Fsp3) is 0.500. The van der Waals surface area contributed by atoms with Crippen molar-refractivity contribution in [3.8, 4) is 0 Å². The molecule has 1 heterocycles. The molecule has 2 rings (SSSR count). The second-order valence-corrected chi connectivity index (χ2v) is 4.28. The summed E-state index contributed by atoms with van der Waals surface area (Å²) < 4.78 is 0. The molecule has 1 aliphatic heterocycles. The summed E-state index contributed by atoms with van der Waals surface area (Å²) in [5.41, 5.74) is 4.04. The Balaban J connectivity index is 2.05. The molecular formula is C12H17NO. The first-order valence-corrected chi connectivity index (χ1v) is 5.11. The van der Waals surface area contributed by atoms with Gasteiger partial charge in [-0.1, -0.05) is 23.8 Å². The van der Waals surface area contributed by atoms with Crippen LogP contribution in [0.5, 0.6) is 0 Å². The van der Waals surface area contributed by atoms with Crippen molar-refractivity contribution in [2.45, 2.75) is 26.5 Å². The zero-order chi connectivity index (χ0) is 10.1. The minimum Gasteiger partial charge on any atom is -0.390 e. The van der Waals surface area contributed by atoms with E-state index in [2.05, 4.69) is 36.9 Å². The van der Waals surface area contributed by atoms with E-state index in [-0.39, 0.29) is 6.10 Å². The molecule has 0 saturated carbocycles. The van der Waals surface area contributed by atoms with Gasteiger partial charge < -0.3 is 5.11 Å². The Morgan fingerprint density at radius 3 is 2.71 bits per heavy atom. The Kier molecular flexibility index (Phi) is 2.57. The summed E-state index contributed by atoms with van der Waals surface area (Å²) in [4.78, 5) is 2.27. The van der Waals surface area contributed by atoms with Crippen LogP contribution in [0.25, 0.3) is 0 Å². The van der Waals surface area contributed by atoms with Crippen LogP contribution in [0.3, 0.4) is 0 Å². The molecule has 76 valence electrons. The number of aryl methyl sites for hydroxylation is 2. The highest BCUT2D eigenvalue weighted by Gasteiger charge is 2.24. The highest BCUT2D eigenvalue weighted by molar-refractivity contribution is 5.30. The van der Waals surface area contributed by atoms with Crippen molar-refractivity contribution in [2.75, 3.05) is 13.1 Å². The Bertz CT molecular complexity index is 329. The van der Waals surface area contributed by atoms with Crippen LogP contribution in [0.4, 0.5) is 0 Å². The summed E-state index contributed by atoms with van der Waals surface area (Å²) >= 11 is 0. The Hall–Kier alpha value is -0.860. The molecule has 1 aromatic rings. The van der Waals surface area contributed by atoms with Crippen LogP contribution in [0.2, 0.25) is 0 Å². The second-order valence-electron chi connectivity index (χ2n) is 4.28. The van der Waals surface area contributed by atoms with Gasteiger partial charge in [0, 0.05) is 19.6 Å². The van der Waals surface area contributed by atoms with Gasteiger partial charge in [-0.2, -0.15) is 0 Å². The van der Waals surface area contributed by atoms with E-state index in [4.69, 9.17) is 0 Å². The standard InChI is InChI=1S/C12H17NO/c1-9-3-4-10(2)11(5-9)6-13-7-12(14)8-13/h3-5,12,14H,6-8H2,1-2H3. The van der Waals surface area contributed by atoms with E-state index in [0.29, 0.717) is 0 Å². The topological polar surface area (TPSA) is 23.5 Å². The third-order valence-corrected chi connectivity index (χ3v) is 2.84. The molecule has 1 fully saturated rings. The molecular weight excluding hydrogens is 174 g/mol. The van der Waals surface area contributed by atoms with E-state index in [9.17, 15) is 5.11 Å². The van der Waals surface area contributed by atoms with E-state index in [1.165, 1.54) is 16.7 Å². The molecule has 1 saturated heterocycles. The van der Waals surface area contributed by atoms with Gasteiger partial charge >= 0.3 is 0 Å². The number of aliphatic hydroxyl groups is 1. The summed E-state index contributed by atoms with van der Waals surface area (Å²) in [6, 6.07) is 6.55. The highest BCUT2D eigenvalue weighted by atomic mass is 16.3. The molecule has 0 atom stereocenters. The number of rotatable bonds is 2. The smallest absolute Gasteiger partial charge is 0.0794 e. The molecule has 1 aliphatic rings. The fourth-order valence-corrected chi connectivity index (χ4v) is 1.88. The van der Waals surface area contributed by atoms with Crippen molar-refractivity contribution in [3.63, 3.8) is 0 Å². The normalized spacial score (nSPS) is 18.2. The Morgan fingerprint density at radius 2 is 2.07 bits per heavy atom. The lowest BCUT2D eigenvalue weighted by atomic mass is 10.0. The van der Waals surface area contributed by atoms with Gasteiger partial charge in [-0.25, -0.2) is 0 Å². The number of benzene rings is 1. The zero-order valence-corrected chi connectivity index (χ0v) is 8.83. The predicted molar refractivity (Wildman–Crippen MR) is 57.2 cm³/mol. The molecule has 0 aromatic heterocycles. The molecule has 0 radical (unpaired) electrons. The van der Waals surface area contributed by atoms with E-state index < -0.39 is 0 Å². The first-order chi connectivity index (χ1) is 6.65. The van der Waals surface area contributed by atoms with E-state index in [1.54, 1.807) is 0 Å². The molecule has 2 heteroatoms. The first-order valence-electron chi connectivity index (χ1n) is 5.11. The average Bonchev–Trinajstić information content (AvgIpc) is 2.09. The highest BCUT2D eigenvalue weighted by Crippen LogP contribution is 2.17. The molecule has 0 amide bonds. The SMILES string of the molecule is Cc1ccc(C)c(CN2CC(O)C2)c1. The van der Waals surface area contributed by atoms with Crippen molar-refractivity contribution < 1.29 is 5.11 Å². The molecule has 0 unspecified atom stereocenters. The summed E-state index contributed by atoms with van der Waals surface area (Å²) in [5, 5.41) is 9.18. The summed E-state index contributed by atoms with van der Waals surface area (Å²) in [5.74, 6) is 0. The van der Waals surface area contributed by atoms with Gasteiger partial charge in [-0.3, -0.25) is 4.90 Å². The maximum absolute atomic E-state index is 9.18. The van der Waals surface area contributed by atoms with Crippen LogP contribution >= 0.6 is 0 Å². The monoisotopic (exact) mass is 191 g/mol. The second kappa shape index (κ2) is 3.71. The lowest BCUT2D eigenvalue weighted by Gasteiger charge is -2.36. The van der Waals surface area contributed by atoms with Crippen LogP contribution in [-0.4, -0.2) is 29.2 Å². The lowest BCUT2D eigenvalue weighted by molar-refractivity contribution is -0.00297. The van der Waals surface area contributed by atoms with Gasteiger partial charge in [-0.05, 0) is 25.0 Å². The van der Waals surface area contributed by atoms with Crippen LogP contribution in [-0.2, 0) is 6.54 Å². The van der Waals surface area contributed by atoms with Crippen LogP contribution < -0.4 is 0 Å². The number of hydrogen-bond acceptors (Lipinski definition) is 2. The molecule has 0 aliphatic carbocycles. The minimum atomic E-state index is -0.0971. The summed E-state index contributed by atoms with van der Waals surface area (Å²) in [6.07, 6.45) is -0.0971. The maximum Gasteiger partial charge on any atom is 0.0794 e. The molecule has 2 nitrogen and oxygen atoms in total. The summed E-state index contributed by atoms with van der Waals surface area (Å²) in [6.45, 7) is 6.89. The van der Waals surface area contributed by atoms with Gasteiger partial charge in [-0.15, -0.1) is 0 Å². The zero-order valence-electron chi connectivity index (χ0n) is 8.83. The van der Waals surface area contributed by atoms with E-state index in [1.807, 2.05) is 0 Å². The molecule has 0 spiro atoms. The quantitative estimate of drug-likeness (QED) is 0.765. The van der Waals surface area contributed by atoms with Crippen molar-refractivity contribution in [3.05, 3.63) is 34.9 Å². The van der Waals surface area contributed by atoms with Gasteiger partial charge in [0.05, 0.1) is 6.10 Å². The maximum atomic E-state index is 9.18. The third-order valence-electron chi connectivity index (χ3n) is 2.84. The van der Waals surface area contributed by atoms with Gasteiger partial charge in [0.1, 0.15) is 0 Å². The first kappa shape index (κ1) is 9.69. The van der Waals surface area contributed by atoms with E-state index >= 15 is 0 Å². The molecule has 14 heavy (non-hydrogen) atoms. The Labute approximate surface area is 85.2 Å². The number of nitrogens with zero attached hydrogens (tertiary/aromatic N) is 1. The largest absolute Gasteiger partial charge is 0.390 e. The average molecular weight is 191 g/mol. The van der Waals surface area contributed by atoms with Crippen molar-refractivity contribution >= 4 is 0 Å². The van der Waals surface area contributed by atoms with Crippen LogP contribution in [0.15, 0.2) is 18.2 Å². The molecule has 0 bridgehead atoms. The Morgan fingerprint density at radius 1 is 1.36 bits per heavy atom. The number of aliphatic hydroxyl groups excluding tert-OH is 1. The number of likely N-dealkylation sites (tertiary alicyclic amines) is 1. The third kappa shape index (κ3) is 1.97. The lowest BCUT2D eigenvalue weighted by Crippen LogP contribution is -2.49. The van der Waals surface area contributed by atoms with Gasteiger partial charge in [0.2, 0.25) is 0 Å². The van der Waals surface area contributed by atoms with Crippen molar-refractivity contribution in [1.29, 1.82) is 0 Å². The van der Waals surface area contributed by atoms with Crippen LogP contribution in [0, 0.1) is 13.8 Å². The summed E-state index contributed by atoms with van der Waals surface area (Å²) in [7, 11) is 0. The van der Waals surface area contributed by atoms with Gasteiger partial charge in [0.25, 0.3) is 0 Å². The molecule has 1 aromatic carbocycles. The van der Waals surface area contributed by atoms with Crippen molar-refractivity contribution in [2.24, 2.45) is 0 Å². The van der Waals surface area contributed by atoms with Crippen molar-refractivity contribution in [1.82, 2.24) is 4.90 Å². The van der Waals surface area contributed by atoms with Gasteiger partial charge in [0.15, 0.2) is 0 Å².